The van der Waals surface area contributed by atoms with E-state index in [4.69, 9.17) is 0 Å². The lowest BCUT2D eigenvalue weighted by molar-refractivity contribution is 0.445. The molecule has 0 amide bonds. The van der Waals surface area contributed by atoms with Crippen molar-refractivity contribution in [3.63, 3.8) is 0 Å². The fourth-order valence-corrected chi connectivity index (χ4v) is 4.91. The van der Waals surface area contributed by atoms with Crippen LogP contribution >= 0.6 is 11.3 Å². The molecule has 0 spiro atoms. The number of thiazole rings is 1. The summed E-state index contributed by atoms with van der Waals surface area (Å²) in [4.78, 5) is 4.93. The minimum absolute atomic E-state index is 0.325. The maximum atomic E-state index is 12.5. The molecule has 120 valence electrons. The molecule has 0 fully saturated rings. The highest BCUT2D eigenvalue weighted by Gasteiger charge is 2.21. The van der Waals surface area contributed by atoms with E-state index in [1.165, 1.54) is 4.31 Å². The van der Waals surface area contributed by atoms with E-state index in [-0.39, 0.29) is 0 Å². The Bertz CT molecular complexity index is 878. The Morgan fingerprint density at radius 1 is 1.00 bits per heavy atom. The molecule has 0 atom stereocenters. The summed E-state index contributed by atoms with van der Waals surface area (Å²) in [7, 11) is -3.41. The van der Waals surface area contributed by atoms with Crippen molar-refractivity contribution in [2.24, 2.45) is 0 Å². The van der Waals surface area contributed by atoms with Gasteiger partial charge >= 0.3 is 0 Å². The van der Waals surface area contributed by atoms with Gasteiger partial charge in [-0.15, -0.1) is 11.3 Å². The highest BCUT2D eigenvalue weighted by Crippen LogP contribution is 2.30. The summed E-state index contributed by atoms with van der Waals surface area (Å²) in [5.41, 5.74) is 1.90. The first-order valence-electron chi connectivity index (χ1n) is 7.52. The number of rotatable bonds is 5. The first-order chi connectivity index (χ1) is 11.1. The zero-order chi connectivity index (χ0) is 16.4. The smallest absolute Gasteiger partial charge is 0.236 e. The van der Waals surface area contributed by atoms with E-state index in [0.717, 1.165) is 20.8 Å². The predicted octanol–water partition coefficient (Wildman–Crippen LogP) is 3.99. The van der Waals surface area contributed by atoms with E-state index in [9.17, 15) is 8.42 Å². The van der Waals surface area contributed by atoms with Gasteiger partial charge in [-0.2, -0.15) is 4.31 Å². The number of sulfonamides is 1. The molecule has 1 aromatic heterocycles. The number of hydrogen-bond acceptors (Lipinski definition) is 4. The standard InChI is InChI=1S/C17H18N2O2S2/c1-3-19(4-2)23(20,21)14-11-9-13(10-12-14)17-18-15-7-5-6-8-16(15)22-17/h5-12H,3-4H2,1-2H3. The van der Waals surface area contributed by atoms with E-state index in [2.05, 4.69) is 4.98 Å². The highest BCUT2D eigenvalue weighted by atomic mass is 32.2. The zero-order valence-corrected chi connectivity index (χ0v) is 14.7. The first-order valence-corrected chi connectivity index (χ1v) is 9.78. The van der Waals surface area contributed by atoms with Gasteiger partial charge in [0.15, 0.2) is 0 Å². The number of benzene rings is 2. The lowest BCUT2D eigenvalue weighted by atomic mass is 10.2. The van der Waals surface area contributed by atoms with Crippen LogP contribution in [0.15, 0.2) is 53.4 Å². The maximum absolute atomic E-state index is 12.5. The molecule has 0 radical (unpaired) electrons. The van der Waals surface area contributed by atoms with Crippen LogP contribution in [0, 0.1) is 0 Å². The summed E-state index contributed by atoms with van der Waals surface area (Å²) in [6.07, 6.45) is 0. The van der Waals surface area contributed by atoms with Crippen molar-refractivity contribution in [1.82, 2.24) is 9.29 Å². The predicted molar refractivity (Wildman–Crippen MR) is 95.2 cm³/mol. The number of fused-ring (bicyclic) bond motifs is 1. The van der Waals surface area contributed by atoms with E-state index in [1.807, 2.05) is 50.2 Å². The summed E-state index contributed by atoms with van der Waals surface area (Å²) in [6.45, 7) is 4.63. The van der Waals surface area contributed by atoms with Gasteiger partial charge < -0.3 is 0 Å². The molecule has 0 saturated carbocycles. The van der Waals surface area contributed by atoms with E-state index in [0.29, 0.717) is 18.0 Å². The third kappa shape index (κ3) is 3.02. The Hall–Kier alpha value is -1.76. The molecule has 23 heavy (non-hydrogen) atoms. The molecule has 0 aliphatic heterocycles. The molecule has 6 heteroatoms. The average molecular weight is 346 g/mol. The molecule has 0 saturated heterocycles. The van der Waals surface area contributed by atoms with Crippen LogP contribution < -0.4 is 0 Å². The van der Waals surface area contributed by atoms with Gasteiger partial charge in [0.25, 0.3) is 0 Å². The summed E-state index contributed by atoms with van der Waals surface area (Å²) in [5.74, 6) is 0. The number of hydrogen-bond donors (Lipinski definition) is 0. The maximum Gasteiger partial charge on any atom is 0.243 e. The van der Waals surface area contributed by atoms with Crippen molar-refractivity contribution >= 4 is 31.6 Å². The number of nitrogens with zero attached hydrogens (tertiary/aromatic N) is 2. The molecule has 1 heterocycles. The van der Waals surface area contributed by atoms with Crippen LogP contribution in [0.5, 0.6) is 0 Å². The summed E-state index contributed by atoms with van der Waals surface area (Å²) >= 11 is 1.61. The molecule has 3 aromatic rings. The van der Waals surface area contributed by atoms with Crippen LogP contribution in [-0.4, -0.2) is 30.8 Å². The average Bonchev–Trinajstić information content (AvgIpc) is 3.00. The largest absolute Gasteiger partial charge is 0.243 e. The minimum Gasteiger partial charge on any atom is -0.236 e. The second kappa shape index (κ2) is 6.39. The van der Waals surface area contributed by atoms with Gasteiger partial charge in [0.2, 0.25) is 10.0 Å². The van der Waals surface area contributed by atoms with Crippen LogP contribution in [0.2, 0.25) is 0 Å². The normalized spacial score (nSPS) is 12.1. The SMILES string of the molecule is CCN(CC)S(=O)(=O)c1ccc(-c2nc3ccccc3s2)cc1. The molecule has 0 bridgehead atoms. The Morgan fingerprint density at radius 2 is 1.65 bits per heavy atom. The van der Waals surface area contributed by atoms with Gasteiger partial charge in [-0.25, -0.2) is 13.4 Å². The Balaban J connectivity index is 1.96. The Kier molecular flexibility index (Phi) is 4.48. The molecule has 0 unspecified atom stereocenters. The van der Waals surface area contributed by atoms with Gasteiger partial charge in [-0.05, 0) is 24.3 Å². The van der Waals surface area contributed by atoms with Gasteiger partial charge in [-0.3, -0.25) is 0 Å². The van der Waals surface area contributed by atoms with Crippen LogP contribution in [-0.2, 0) is 10.0 Å². The third-order valence-electron chi connectivity index (χ3n) is 3.74. The quantitative estimate of drug-likeness (QED) is 0.702. The first kappa shape index (κ1) is 16.1. The van der Waals surface area contributed by atoms with E-state index in [1.54, 1.807) is 23.5 Å². The van der Waals surface area contributed by atoms with Crippen LogP contribution in [0.1, 0.15) is 13.8 Å². The Labute approximate surface area is 140 Å². The van der Waals surface area contributed by atoms with Gasteiger partial charge in [-0.1, -0.05) is 38.1 Å². The monoisotopic (exact) mass is 346 g/mol. The second-order valence-electron chi connectivity index (χ2n) is 5.10. The van der Waals surface area contributed by atoms with Crippen LogP contribution in [0.25, 0.3) is 20.8 Å². The highest BCUT2D eigenvalue weighted by molar-refractivity contribution is 7.89. The lowest BCUT2D eigenvalue weighted by Crippen LogP contribution is -2.30. The summed E-state index contributed by atoms with van der Waals surface area (Å²) < 4.78 is 27.6. The van der Waals surface area contributed by atoms with Gasteiger partial charge in [0.1, 0.15) is 5.01 Å². The van der Waals surface area contributed by atoms with Crippen LogP contribution in [0.3, 0.4) is 0 Å². The molecule has 0 N–H and O–H groups in total. The lowest BCUT2D eigenvalue weighted by Gasteiger charge is -2.18. The molecular formula is C17H18N2O2S2. The van der Waals surface area contributed by atoms with Crippen molar-refractivity contribution in [2.45, 2.75) is 18.7 Å². The van der Waals surface area contributed by atoms with Gasteiger partial charge in [0, 0.05) is 18.7 Å². The van der Waals surface area contributed by atoms with Crippen molar-refractivity contribution in [2.75, 3.05) is 13.1 Å². The molecular weight excluding hydrogens is 328 g/mol. The summed E-state index contributed by atoms with van der Waals surface area (Å²) in [6, 6.07) is 15.0. The van der Waals surface area contributed by atoms with Crippen molar-refractivity contribution in [1.29, 1.82) is 0 Å². The van der Waals surface area contributed by atoms with E-state index < -0.39 is 10.0 Å². The van der Waals surface area contributed by atoms with Crippen LogP contribution in [0.4, 0.5) is 0 Å². The molecule has 2 aromatic carbocycles. The molecule has 4 nitrogen and oxygen atoms in total. The molecule has 0 aliphatic rings. The minimum atomic E-state index is -3.41. The number of para-hydroxylation sites is 1. The zero-order valence-electron chi connectivity index (χ0n) is 13.1. The van der Waals surface area contributed by atoms with Gasteiger partial charge in [0.05, 0.1) is 15.1 Å². The summed E-state index contributed by atoms with van der Waals surface area (Å²) in [5, 5.41) is 0.901. The van der Waals surface area contributed by atoms with E-state index >= 15 is 0 Å². The molecule has 3 rings (SSSR count). The van der Waals surface area contributed by atoms with Crippen molar-refractivity contribution in [3.8, 4) is 10.6 Å². The third-order valence-corrected chi connectivity index (χ3v) is 6.89. The molecule has 0 aliphatic carbocycles. The second-order valence-corrected chi connectivity index (χ2v) is 8.07. The Morgan fingerprint density at radius 3 is 2.26 bits per heavy atom. The number of aromatic nitrogens is 1. The topological polar surface area (TPSA) is 50.3 Å². The van der Waals surface area contributed by atoms with Crippen molar-refractivity contribution in [3.05, 3.63) is 48.5 Å². The fraction of sp³-hybridized carbons (Fsp3) is 0.235. The van der Waals surface area contributed by atoms with Crippen molar-refractivity contribution < 1.29 is 8.42 Å². The fourth-order valence-electron chi connectivity index (χ4n) is 2.48.